The molecule has 4 amide bonds. The van der Waals surface area contributed by atoms with Crippen LogP contribution in [0.25, 0.3) is 0 Å². The average Bonchev–Trinajstić information content (AvgIpc) is 3.33. The van der Waals surface area contributed by atoms with Crippen molar-refractivity contribution in [3.05, 3.63) is 173 Å². The number of thioether (sulfide) groups is 1. The summed E-state index contributed by atoms with van der Waals surface area (Å²) in [6.07, 6.45) is -0.930. The molecular formula is C50H55N5O10S. The van der Waals surface area contributed by atoms with E-state index >= 15 is 0 Å². The van der Waals surface area contributed by atoms with E-state index in [9.17, 15) is 33.9 Å². The van der Waals surface area contributed by atoms with Gasteiger partial charge in [0.15, 0.2) is 0 Å². The highest BCUT2D eigenvalue weighted by atomic mass is 32.2. The van der Waals surface area contributed by atoms with Crippen molar-refractivity contribution < 1.29 is 48.1 Å². The summed E-state index contributed by atoms with van der Waals surface area (Å²) in [5.74, 6) is -3.77. The Bertz CT molecular complexity index is 2340. The van der Waals surface area contributed by atoms with Crippen LogP contribution in [-0.4, -0.2) is 82.1 Å². The predicted octanol–water partition coefficient (Wildman–Crippen LogP) is 5.10. The molecule has 0 aliphatic heterocycles. The van der Waals surface area contributed by atoms with Crippen LogP contribution in [0.4, 0.5) is 4.79 Å². The Morgan fingerprint density at radius 2 is 1.08 bits per heavy atom. The van der Waals surface area contributed by atoms with Gasteiger partial charge in [0, 0.05) is 23.3 Å². The second kappa shape index (κ2) is 25.4. The van der Waals surface area contributed by atoms with Gasteiger partial charge in [0.1, 0.15) is 49.7 Å². The maximum absolute atomic E-state index is 14.4. The van der Waals surface area contributed by atoms with Crippen molar-refractivity contribution in [2.75, 3.05) is 12.3 Å². The number of ether oxygens (including phenoxy) is 3. The lowest BCUT2D eigenvalue weighted by Crippen LogP contribution is -2.61. The molecule has 15 nitrogen and oxygen atoms in total. The second-order valence-electron chi connectivity index (χ2n) is 15.8. The molecule has 0 aliphatic rings. The number of benzene rings is 5. The van der Waals surface area contributed by atoms with Crippen LogP contribution < -0.4 is 31.7 Å². The fourth-order valence-corrected chi connectivity index (χ4v) is 7.55. The number of carboxylic acid groups (broad SMARTS) is 1. The summed E-state index contributed by atoms with van der Waals surface area (Å²) < 4.78 is 15.6. The van der Waals surface area contributed by atoms with Gasteiger partial charge in [0.2, 0.25) is 17.7 Å². The first-order chi connectivity index (χ1) is 31.8. The number of alkyl carbamates (subject to hydrolysis) is 1. The van der Waals surface area contributed by atoms with Crippen LogP contribution in [-0.2, 0) is 66.1 Å². The zero-order chi connectivity index (χ0) is 47.3. The van der Waals surface area contributed by atoms with Gasteiger partial charge in [-0.1, -0.05) is 133 Å². The lowest BCUT2D eigenvalue weighted by atomic mass is 10.00. The summed E-state index contributed by atoms with van der Waals surface area (Å²) in [6, 6.07) is 38.3. The summed E-state index contributed by atoms with van der Waals surface area (Å²) >= 11 is 1.10. The number of nitrogens with one attached hydrogen (secondary N) is 4. The molecule has 0 saturated carbocycles. The van der Waals surface area contributed by atoms with Gasteiger partial charge < -0.3 is 46.3 Å². The number of carbonyl (C=O) groups is 6. The standard InChI is InChI=1S/C50H55N5O10S/c1-50(2,66-33-40(51)48(61)64-31-37-19-11-5-12-20-37)44(46(58)52-29-43(56)53-42(47(59)60)28-34-15-7-3-8-16-34)55-45(57)41(54-49(62)65-32-38-21-13-6-14-22-38)27-35-23-25-39(26-24-35)63-30-36-17-9-4-10-18-36/h3-26,40-42,44H,27-33,51H2,1-2H3,(H,52,58)(H,53,56)(H,54,62)(H,55,57)(H,59,60)/t40-,41+,42+,44+/m1/s1. The molecule has 0 saturated heterocycles. The van der Waals surface area contributed by atoms with Crippen molar-refractivity contribution in [3.63, 3.8) is 0 Å². The van der Waals surface area contributed by atoms with E-state index < -0.39 is 71.2 Å². The van der Waals surface area contributed by atoms with Crippen LogP contribution >= 0.6 is 11.8 Å². The van der Waals surface area contributed by atoms with Crippen LogP contribution in [0, 0.1) is 0 Å². The number of hydrogen-bond donors (Lipinski definition) is 6. The van der Waals surface area contributed by atoms with Gasteiger partial charge in [-0.3, -0.25) is 19.2 Å². The van der Waals surface area contributed by atoms with Crippen molar-refractivity contribution in [2.45, 2.75) is 75.4 Å². The molecule has 66 heavy (non-hydrogen) atoms. The van der Waals surface area contributed by atoms with Crippen LogP contribution in [0.1, 0.15) is 41.7 Å². The summed E-state index contributed by atoms with van der Waals surface area (Å²) in [5, 5.41) is 20.2. The van der Waals surface area contributed by atoms with Gasteiger partial charge in [-0.15, -0.1) is 0 Å². The van der Waals surface area contributed by atoms with Crippen molar-refractivity contribution >= 4 is 47.5 Å². The number of aliphatic carboxylic acids is 1. The SMILES string of the molecule is CC(C)(SC[C@@H](N)C(=O)OCc1ccccc1)[C@@H](NC(=O)[C@H](Cc1ccc(OCc2ccccc2)cc1)NC(=O)OCc1ccccc1)C(=O)NCC(=O)N[C@@H](Cc1ccccc1)C(=O)O. The van der Waals surface area contributed by atoms with Gasteiger partial charge in [0.25, 0.3) is 0 Å². The molecule has 5 aromatic carbocycles. The Morgan fingerprint density at radius 3 is 1.62 bits per heavy atom. The van der Waals surface area contributed by atoms with E-state index in [1.54, 1.807) is 105 Å². The number of amides is 4. The third-order valence-electron chi connectivity index (χ3n) is 10.2. The fourth-order valence-electron chi connectivity index (χ4n) is 6.47. The molecule has 5 aromatic rings. The lowest BCUT2D eigenvalue weighted by Gasteiger charge is -2.35. The van der Waals surface area contributed by atoms with E-state index in [2.05, 4.69) is 21.3 Å². The van der Waals surface area contributed by atoms with Gasteiger partial charge in [-0.25, -0.2) is 9.59 Å². The van der Waals surface area contributed by atoms with Gasteiger partial charge in [-0.2, -0.15) is 11.8 Å². The molecule has 16 heteroatoms. The Hall–Kier alpha value is -7.17. The zero-order valence-corrected chi connectivity index (χ0v) is 37.5. The quantitative estimate of drug-likeness (QED) is 0.0445. The smallest absolute Gasteiger partial charge is 0.408 e. The minimum atomic E-state index is -1.41. The van der Waals surface area contributed by atoms with Gasteiger partial charge >= 0.3 is 18.0 Å². The Morgan fingerprint density at radius 1 is 0.591 bits per heavy atom. The molecule has 0 heterocycles. The predicted molar refractivity (Wildman–Crippen MR) is 250 cm³/mol. The molecule has 346 valence electrons. The molecule has 0 unspecified atom stereocenters. The van der Waals surface area contributed by atoms with Crippen molar-refractivity contribution in [1.29, 1.82) is 0 Å². The zero-order valence-electron chi connectivity index (χ0n) is 36.7. The molecule has 7 N–H and O–H groups in total. The first kappa shape index (κ1) is 49.8. The molecule has 0 spiro atoms. The minimum Gasteiger partial charge on any atom is -0.489 e. The Balaban J connectivity index is 1.32. The molecule has 0 bridgehead atoms. The number of hydrogen-bond acceptors (Lipinski definition) is 11. The van der Waals surface area contributed by atoms with Gasteiger partial charge in [-0.05, 0) is 53.8 Å². The van der Waals surface area contributed by atoms with Crippen molar-refractivity contribution in [1.82, 2.24) is 21.3 Å². The molecule has 0 radical (unpaired) electrons. The topological polar surface area (TPSA) is 224 Å². The third-order valence-corrected chi connectivity index (χ3v) is 11.7. The molecule has 0 aliphatic carbocycles. The maximum atomic E-state index is 14.4. The average molecular weight is 918 g/mol. The van der Waals surface area contributed by atoms with Crippen molar-refractivity contribution in [2.24, 2.45) is 5.73 Å². The summed E-state index contributed by atoms with van der Waals surface area (Å²) in [7, 11) is 0. The van der Waals surface area contributed by atoms with E-state index in [4.69, 9.17) is 19.9 Å². The largest absolute Gasteiger partial charge is 0.489 e. The summed E-state index contributed by atoms with van der Waals surface area (Å²) in [5.41, 5.74) is 10.0. The normalized spacial score (nSPS) is 12.8. The minimum absolute atomic E-state index is 0.00212. The van der Waals surface area contributed by atoms with Crippen molar-refractivity contribution in [3.8, 4) is 5.75 Å². The summed E-state index contributed by atoms with van der Waals surface area (Å²) in [6.45, 7) is 2.93. The number of esters is 1. The lowest BCUT2D eigenvalue weighted by molar-refractivity contribution is -0.146. The Kier molecular flexibility index (Phi) is 19.1. The van der Waals surface area contributed by atoms with E-state index in [1.165, 1.54) is 0 Å². The number of nitrogens with two attached hydrogens (primary N) is 1. The number of carbonyl (C=O) groups excluding carboxylic acids is 5. The Labute approximate surface area is 388 Å². The second-order valence-corrected chi connectivity index (χ2v) is 17.5. The van der Waals surface area contributed by atoms with E-state index in [-0.39, 0.29) is 31.8 Å². The maximum Gasteiger partial charge on any atom is 0.408 e. The van der Waals surface area contributed by atoms with Crippen LogP contribution in [0.3, 0.4) is 0 Å². The molecule has 0 fully saturated rings. The van der Waals surface area contributed by atoms with Crippen LogP contribution in [0.5, 0.6) is 5.75 Å². The van der Waals surface area contributed by atoms with E-state index in [0.29, 0.717) is 23.5 Å². The fraction of sp³-hybridized carbons (Fsp3) is 0.280. The third kappa shape index (κ3) is 16.8. The van der Waals surface area contributed by atoms with E-state index in [1.807, 2.05) is 54.6 Å². The highest BCUT2D eigenvalue weighted by molar-refractivity contribution is 8.00. The first-order valence-electron chi connectivity index (χ1n) is 21.2. The molecule has 0 aromatic heterocycles. The summed E-state index contributed by atoms with van der Waals surface area (Å²) in [4.78, 5) is 79.9. The molecular weight excluding hydrogens is 863 g/mol. The van der Waals surface area contributed by atoms with E-state index in [0.717, 1.165) is 28.5 Å². The molecule has 5 rings (SSSR count). The number of rotatable bonds is 24. The molecule has 4 atom stereocenters. The van der Waals surface area contributed by atoms with Crippen LogP contribution in [0.15, 0.2) is 146 Å². The first-order valence-corrected chi connectivity index (χ1v) is 22.2. The van der Waals surface area contributed by atoms with Crippen LogP contribution in [0.2, 0.25) is 0 Å². The highest BCUT2D eigenvalue weighted by Gasteiger charge is 2.40. The monoisotopic (exact) mass is 917 g/mol. The van der Waals surface area contributed by atoms with Gasteiger partial charge in [0.05, 0.1) is 6.54 Å². The highest BCUT2D eigenvalue weighted by Crippen LogP contribution is 2.30. The number of carboxylic acids is 1.